The first-order valence-corrected chi connectivity index (χ1v) is 6.07. The predicted molar refractivity (Wildman–Crippen MR) is 70.5 cm³/mol. The van der Waals surface area contributed by atoms with E-state index < -0.39 is 0 Å². The molecule has 0 saturated carbocycles. The Morgan fingerprint density at radius 1 is 1.35 bits per heavy atom. The van der Waals surface area contributed by atoms with Gasteiger partial charge >= 0.3 is 0 Å². The fraction of sp³-hybridized carbons (Fsp3) is 0.692. The van der Waals surface area contributed by atoms with Gasteiger partial charge in [-0.2, -0.15) is 0 Å². The first-order chi connectivity index (χ1) is 7.95. The lowest BCUT2D eigenvalue weighted by atomic mass is 9.96. The van der Waals surface area contributed by atoms with E-state index in [1.54, 1.807) is 0 Å². The molecule has 1 aromatic heterocycles. The zero-order valence-corrected chi connectivity index (χ0v) is 11.5. The van der Waals surface area contributed by atoms with Crippen molar-refractivity contribution in [2.45, 2.75) is 33.1 Å². The van der Waals surface area contributed by atoms with Crippen LogP contribution in [0.4, 0.5) is 5.82 Å². The number of aromatic nitrogens is 2. The normalized spacial score (nSPS) is 11.6. The Kier molecular flexibility index (Phi) is 4.87. The van der Waals surface area contributed by atoms with E-state index in [1.807, 2.05) is 26.2 Å². The molecule has 1 heterocycles. The van der Waals surface area contributed by atoms with Gasteiger partial charge in [-0.1, -0.05) is 20.8 Å². The van der Waals surface area contributed by atoms with Crippen LogP contribution in [0.15, 0.2) is 12.3 Å². The summed E-state index contributed by atoms with van der Waals surface area (Å²) >= 11 is 0. The maximum Gasteiger partial charge on any atom is 0.135 e. The molecule has 0 aromatic carbocycles. The van der Waals surface area contributed by atoms with E-state index in [1.165, 1.54) is 0 Å². The Morgan fingerprint density at radius 2 is 2.06 bits per heavy atom. The lowest BCUT2D eigenvalue weighted by Crippen LogP contribution is -2.25. The fourth-order valence-corrected chi connectivity index (χ4v) is 1.38. The lowest BCUT2D eigenvalue weighted by Gasteiger charge is -2.21. The van der Waals surface area contributed by atoms with Gasteiger partial charge < -0.3 is 9.64 Å². The van der Waals surface area contributed by atoms with Gasteiger partial charge in [0.15, 0.2) is 0 Å². The summed E-state index contributed by atoms with van der Waals surface area (Å²) in [7, 11) is 2.02. The molecule has 4 heteroatoms. The smallest absolute Gasteiger partial charge is 0.135 e. The predicted octanol–water partition coefficient (Wildman–Crippen LogP) is 2.25. The summed E-state index contributed by atoms with van der Waals surface area (Å²) in [6.45, 7) is 10.7. The topological polar surface area (TPSA) is 38.2 Å². The van der Waals surface area contributed by atoms with Crippen LogP contribution < -0.4 is 4.90 Å². The van der Waals surface area contributed by atoms with Gasteiger partial charge in [0.2, 0.25) is 0 Å². The molecule has 0 spiro atoms. The standard InChI is InChI=1S/C13H23N3O/c1-6-17-10-9-16(5)11-7-8-14-12(15-11)13(2,3)4/h7-8H,6,9-10H2,1-5H3. The van der Waals surface area contributed by atoms with E-state index in [0.717, 1.165) is 31.4 Å². The molecule has 0 atom stereocenters. The summed E-state index contributed by atoms with van der Waals surface area (Å²) in [5.74, 6) is 1.82. The molecular weight excluding hydrogens is 214 g/mol. The van der Waals surface area contributed by atoms with E-state index in [0.29, 0.717) is 0 Å². The molecule has 1 aromatic rings. The van der Waals surface area contributed by atoms with Gasteiger partial charge in [0.05, 0.1) is 6.61 Å². The largest absolute Gasteiger partial charge is 0.380 e. The summed E-state index contributed by atoms with van der Waals surface area (Å²) < 4.78 is 5.34. The highest BCUT2D eigenvalue weighted by atomic mass is 16.5. The van der Waals surface area contributed by atoms with Crippen molar-refractivity contribution in [3.05, 3.63) is 18.1 Å². The highest BCUT2D eigenvalue weighted by molar-refractivity contribution is 5.36. The van der Waals surface area contributed by atoms with E-state index >= 15 is 0 Å². The van der Waals surface area contributed by atoms with Gasteiger partial charge in [-0.3, -0.25) is 0 Å². The van der Waals surface area contributed by atoms with Crippen molar-refractivity contribution in [3.63, 3.8) is 0 Å². The van der Waals surface area contributed by atoms with E-state index in [9.17, 15) is 0 Å². The average molecular weight is 237 g/mol. The van der Waals surface area contributed by atoms with Crippen LogP contribution in [0.1, 0.15) is 33.5 Å². The van der Waals surface area contributed by atoms with E-state index in [2.05, 4.69) is 35.6 Å². The fourth-order valence-electron chi connectivity index (χ4n) is 1.38. The number of nitrogens with zero attached hydrogens (tertiary/aromatic N) is 3. The molecule has 0 unspecified atom stereocenters. The third-order valence-corrected chi connectivity index (χ3v) is 2.48. The Morgan fingerprint density at radius 3 is 2.65 bits per heavy atom. The Labute approximate surface area is 104 Å². The quantitative estimate of drug-likeness (QED) is 0.736. The molecular formula is C13H23N3O. The second-order valence-corrected chi connectivity index (χ2v) is 5.11. The van der Waals surface area contributed by atoms with Gasteiger partial charge in [0.25, 0.3) is 0 Å². The van der Waals surface area contributed by atoms with Crippen molar-refractivity contribution in [2.24, 2.45) is 0 Å². The van der Waals surface area contributed by atoms with Crippen LogP contribution in [0.5, 0.6) is 0 Å². The number of hydrogen-bond donors (Lipinski definition) is 0. The highest BCUT2D eigenvalue weighted by Crippen LogP contribution is 2.19. The maximum absolute atomic E-state index is 5.34. The SMILES string of the molecule is CCOCCN(C)c1ccnc(C(C)(C)C)n1. The minimum absolute atomic E-state index is 0.0171. The molecule has 0 radical (unpaired) electrons. The molecule has 0 aliphatic rings. The van der Waals surface area contributed by atoms with Crippen molar-refractivity contribution >= 4 is 5.82 Å². The van der Waals surface area contributed by atoms with Gasteiger partial charge in [-0.15, -0.1) is 0 Å². The Hall–Kier alpha value is -1.16. The minimum Gasteiger partial charge on any atom is -0.380 e. The van der Waals surface area contributed by atoms with Crippen molar-refractivity contribution in [3.8, 4) is 0 Å². The molecule has 0 fully saturated rings. The van der Waals surface area contributed by atoms with Crippen LogP contribution in [0.2, 0.25) is 0 Å². The molecule has 17 heavy (non-hydrogen) atoms. The van der Waals surface area contributed by atoms with Crippen molar-refractivity contribution < 1.29 is 4.74 Å². The summed E-state index contributed by atoms with van der Waals surface area (Å²) in [4.78, 5) is 11.0. The van der Waals surface area contributed by atoms with Crippen molar-refractivity contribution in [2.75, 3.05) is 31.7 Å². The second-order valence-electron chi connectivity index (χ2n) is 5.11. The number of likely N-dealkylation sites (N-methyl/N-ethyl adjacent to an activating group) is 1. The number of ether oxygens (including phenoxy) is 1. The third-order valence-electron chi connectivity index (χ3n) is 2.48. The van der Waals surface area contributed by atoms with Crippen molar-refractivity contribution in [1.82, 2.24) is 9.97 Å². The van der Waals surface area contributed by atoms with Crippen LogP contribution >= 0.6 is 0 Å². The van der Waals surface area contributed by atoms with Crippen LogP contribution in [0.25, 0.3) is 0 Å². The second kappa shape index (κ2) is 5.96. The Balaban J connectivity index is 2.71. The molecule has 1 rings (SSSR count). The first-order valence-electron chi connectivity index (χ1n) is 6.07. The Bertz CT molecular complexity index is 347. The summed E-state index contributed by atoms with van der Waals surface area (Å²) in [6, 6.07) is 1.93. The third kappa shape index (κ3) is 4.30. The van der Waals surface area contributed by atoms with Crippen LogP contribution in [0, 0.1) is 0 Å². The number of rotatable bonds is 5. The maximum atomic E-state index is 5.34. The average Bonchev–Trinajstić information content (AvgIpc) is 2.28. The van der Waals surface area contributed by atoms with Crippen molar-refractivity contribution in [1.29, 1.82) is 0 Å². The van der Waals surface area contributed by atoms with Gasteiger partial charge in [0.1, 0.15) is 11.6 Å². The number of hydrogen-bond acceptors (Lipinski definition) is 4. The monoisotopic (exact) mass is 237 g/mol. The molecule has 0 N–H and O–H groups in total. The van der Waals surface area contributed by atoms with E-state index in [4.69, 9.17) is 4.74 Å². The highest BCUT2D eigenvalue weighted by Gasteiger charge is 2.17. The minimum atomic E-state index is -0.0171. The molecule has 96 valence electrons. The first kappa shape index (κ1) is 13.9. The van der Waals surface area contributed by atoms with E-state index in [-0.39, 0.29) is 5.41 Å². The zero-order chi connectivity index (χ0) is 12.9. The zero-order valence-electron chi connectivity index (χ0n) is 11.5. The summed E-state index contributed by atoms with van der Waals surface area (Å²) in [5.41, 5.74) is -0.0171. The molecule has 0 saturated heterocycles. The summed E-state index contributed by atoms with van der Waals surface area (Å²) in [6.07, 6.45) is 1.82. The van der Waals surface area contributed by atoms with Crippen LogP contribution in [0.3, 0.4) is 0 Å². The number of anilines is 1. The lowest BCUT2D eigenvalue weighted by molar-refractivity contribution is 0.154. The van der Waals surface area contributed by atoms with Crippen LogP contribution in [-0.4, -0.2) is 36.8 Å². The molecule has 0 amide bonds. The molecule has 0 aliphatic heterocycles. The van der Waals surface area contributed by atoms with Gasteiger partial charge in [-0.25, -0.2) is 9.97 Å². The molecule has 0 bridgehead atoms. The van der Waals surface area contributed by atoms with Gasteiger partial charge in [0, 0.05) is 31.8 Å². The van der Waals surface area contributed by atoms with Gasteiger partial charge in [-0.05, 0) is 13.0 Å². The molecule has 0 aliphatic carbocycles. The van der Waals surface area contributed by atoms with Crippen LogP contribution in [-0.2, 0) is 10.2 Å². The summed E-state index contributed by atoms with van der Waals surface area (Å²) in [5, 5.41) is 0. The molecule has 4 nitrogen and oxygen atoms in total.